The maximum Gasteiger partial charge on any atom is 0.414 e. The van der Waals surface area contributed by atoms with Gasteiger partial charge < -0.3 is 24.8 Å². The molecule has 1 aromatic rings. The Morgan fingerprint density at radius 3 is 2.40 bits per heavy atom. The number of nitrogens with zero attached hydrogens (tertiary/aromatic N) is 1. The number of hydrogen-bond acceptors (Lipinski definition) is 5. The van der Waals surface area contributed by atoms with Gasteiger partial charge in [-0.15, -0.1) is 0 Å². The smallest absolute Gasteiger partial charge is 0.414 e. The molecule has 0 saturated heterocycles. The second kappa shape index (κ2) is 8.71. The number of benzene rings is 1. The van der Waals surface area contributed by atoms with Gasteiger partial charge in [0.2, 0.25) is 0 Å². The van der Waals surface area contributed by atoms with Gasteiger partial charge in [-0.2, -0.15) is 0 Å². The van der Waals surface area contributed by atoms with Crippen molar-refractivity contribution in [1.29, 1.82) is 0 Å². The van der Waals surface area contributed by atoms with Crippen molar-refractivity contribution < 1.29 is 24.2 Å². The zero-order chi connectivity index (χ0) is 19.2. The van der Waals surface area contributed by atoms with Gasteiger partial charge in [0.1, 0.15) is 11.4 Å². The van der Waals surface area contributed by atoms with Gasteiger partial charge in [0.05, 0.1) is 6.04 Å². The molecule has 0 aliphatic rings. The summed E-state index contributed by atoms with van der Waals surface area (Å²) in [5, 5.41) is 12.1. The summed E-state index contributed by atoms with van der Waals surface area (Å²) in [4.78, 5) is 25.0. The van der Waals surface area contributed by atoms with E-state index < -0.39 is 23.8 Å². The van der Waals surface area contributed by atoms with Crippen molar-refractivity contribution in [2.45, 2.75) is 45.8 Å². The Balaban J connectivity index is 2.93. The van der Waals surface area contributed by atoms with E-state index in [1.807, 2.05) is 6.92 Å². The molecule has 2 amide bonds. The summed E-state index contributed by atoms with van der Waals surface area (Å²) in [5.74, 6) is 0.417. The van der Waals surface area contributed by atoms with Crippen LogP contribution in [0.15, 0.2) is 18.2 Å². The number of ether oxygens (including phenoxy) is 2. The van der Waals surface area contributed by atoms with E-state index in [-0.39, 0.29) is 6.61 Å². The van der Waals surface area contributed by atoms with E-state index in [4.69, 9.17) is 9.47 Å². The van der Waals surface area contributed by atoms with E-state index in [1.165, 1.54) is 4.90 Å². The Bertz CT molecular complexity index is 608. The van der Waals surface area contributed by atoms with Crippen molar-refractivity contribution in [3.05, 3.63) is 29.3 Å². The van der Waals surface area contributed by atoms with Gasteiger partial charge in [-0.05, 0) is 57.4 Å². The molecule has 25 heavy (non-hydrogen) atoms. The van der Waals surface area contributed by atoms with Crippen LogP contribution in [0, 0.1) is 6.92 Å². The molecule has 0 aliphatic heterocycles. The molecule has 1 aromatic carbocycles. The SMILES string of the molecule is Cc1cc(OC(=O)N(C)C)ccc1[C@@H](CCO)NC(=O)OC(C)(C)C. The van der Waals surface area contributed by atoms with Gasteiger partial charge in [-0.25, -0.2) is 9.59 Å². The first-order valence-electron chi connectivity index (χ1n) is 8.13. The molecule has 0 bridgehead atoms. The summed E-state index contributed by atoms with van der Waals surface area (Å²) in [7, 11) is 3.21. The highest BCUT2D eigenvalue weighted by molar-refractivity contribution is 5.70. The highest BCUT2D eigenvalue weighted by atomic mass is 16.6. The van der Waals surface area contributed by atoms with Crippen LogP contribution in [0.4, 0.5) is 9.59 Å². The number of alkyl carbamates (subject to hydrolysis) is 1. The van der Waals surface area contributed by atoms with Crippen molar-refractivity contribution in [2.24, 2.45) is 0 Å². The van der Waals surface area contributed by atoms with E-state index in [1.54, 1.807) is 53.1 Å². The number of rotatable bonds is 5. The van der Waals surface area contributed by atoms with Gasteiger partial charge in [0.15, 0.2) is 0 Å². The average molecular weight is 352 g/mol. The Hall–Kier alpha value is -2.28. The highest BCUT2D eigenvalue weighted by Crippen LogP contribution is 2.25. The zero-order valence-corrected chi connectivity index (χ0v) is 15.8. The van der Waals surface area contributed by atoms with Crippen LogP contribution in [0.3, 0.4) is 0 Å². The van der Waals surface area contributed by atoms with E-state index in [9.17, 15) is 14.7 Å². The van der Waals surface area contributed by atoms with Crippen LogP contribution in [0.5, 0.6) is 5.75 Å². The fourth-order valence-electron chi connectivity index (χ4n) is 2.18. The van der Waals surface area contributed by atoms with Gasteiger partial charge in [-0.1, -0.05) is 6.07 Å². The lowest BCUT2D eigenvalue weighted by Crippen LogP contribution is -2.35. The van der Waals surface area contributed by atoms with Gasteiger partial charge >= 0.3 is 12.2 Å². The fourth-order valence-corrected chi connectivity index (χ4v) is 2.18. The lowest BCUT2D eigenvalue weighted by Gasteiger charge is -2.24. The molecule has 7 heteroatoms. The minimum absolute atomic E-state index is 0.0860. The molecule has 140 valence electrons. The molecule has 2 N–H and O–H groups in total. The number of hydrogen-bond donors (Lipinski definition) is 2. The Labute approximate surface area is 148 Å². The summed E-state index contributed by atoms with van der Waals surface area (Å²) >= 11 is 0. The van der Waals surface area contributed by atoms with Crippen LogP contribution < -0.4 is 10.1 Å². The molecule has 1 rings (SSSR count). The summed E-state index contributed by atoms with van der Waals surface area (Å²) in [6, 6.07) is 4.74. The number of carbonyl (C=O) groups excluding carboxylic acids is 2. The summed E-state index contributed by atoms with van der Waals surface area (Å²) in [6.45, 7) is 7.12. The number of nitrogens with one attached hydrogen (secondary N) is 1. The van der Waals surface area contributed by atoms with Crippen molar-refractivity contribution in [1.82, 2.24) is 10.2 Å². The van der Waals surface area contributed by atoms with Crippen molar-refractivity contribution in [3.8, 4) is 5.75 Å². The van der Waals surface area contributed by atoms with Crippen molar-refractivity contribution in [3.63, 3.8) is 0 Å². The molecular weight excluding hydrogens is 324 g/mol. The average Bonchev–Trinajstić information content (AvgIpc) is 2.44. The van der Waals surface area contributed by atoms with Crippen LogP contribution in [-0.2, 0) is 4.74 Å². The zero-order valence-electron chi connectivity index (χ0n) is 15.8. The highest BCUT2D eigenvalue weighted by Gasteiger charge is 2.21. The molecule has 0 aliphatic carbocycles. The van der Waals surface area contributed by atoms with E-state index in [2.05, 4.69) is 5.32 Å². The Kier molecular flexibility index (Phi) is 7.23. The summed E-state index contributed by atoms with van der Waals surface area (Å²) in [5.41, 5.74) is 1.05. The van der Waals surface area contributed by atoms with E-state index in [0.717, 1.165) is 11.1 Å². The molecule has 0 saturated carbocycles. The maximum atomic E-state index is 12.0. The summed E-state index contributed by atoms with van der Waals surface area (Å²) in [6.07, 6.45) is -0.670. The molecule has 0 radical (unpaired) electrons. The lowest BCUT2D eigenvalue weighted by molar-refractivity contribution is 0.0496. The molecule has 0 unspecified atom stereocenters. The first-order chi connectivity index (χ1) is 11.5. The molecule has 0 spiro atoms. The predicted octanol–water partition coefficient (Wildman–Crippen LogP) is 3.00. The third-order valence-electron chi connectivity index (χ3n) is 3.30. The monoisotopic (exact) mass is 352 g/mol. The molecular formula is C18H28N2O5. The van der Waals surface area contributed by atoms with Gasteiger partial charge in [-0.3, -0.25) is 0 Å². The van der Waals surface area contributed by atoms with Crippen LogP contribution >= 0.6 is 0 Å². The second-order valence-electron chi connectivity index (χ2n) is 6.99. The third kappa shape index (κ3) is 7.01. The molecule has 7 nitrogen and oxygen atoms in total. The van der Waals surface area contributed by atoms with Crippen LogP contribution in [0.2, 0.25) is 0 Å². The Morgan fingerprint density at radius 1 is 1.28 bits per heavy atom. The van der Waals surface area contributed by atoms with Crippen molar-refractivity contribution in [2.75, 3.05) is 20.7 Å². The minimum atomic E-state index is -0.604. The van der Waals surface area contributed by atoms with E-state index in [0.29, 0.717) is 12.2 Å². The summed E-state index contributed by atoms with van der Waals surface area (Å²) < 4.78 is 10.5. The van der Waals surface area contributed by atoms with Crippen LogP contribution in [-0.4, -0.2) is 48.5 Å². The van der Waals surface area contributed by atoms with Crippen LogP contribution in [0.1, 0.15) is 44.4 Å². The van der Waals surface area contributed by atoms with Gasteiger partial charge in [0.25, 0.3) is 0 Å². The largest absolute Gasteiger partial charge is 0.444 e. The standard InChI is InChI=1S/C18H28N2O5/c1-12-11-13(24-17(23)20(5)6)7-8-14(12)15(9-10-21)19-16(22)25-18(2,3)4/h7-8,11,15,21H,9-10H2,1-6H3,(H,19,22)/t15-/m1/s1. The Morgan fingerprint density at radius 2 is 1.92 bits per heavy atom. The topological polar surface area (TPSA) is 88.1 Å². The molecule has 1 atom stereocenters. The second-order valence-corrected chi connectivity index (χ2v) is 6.99. The lowest BCUT2D eigenvalue weighted by atomic mass is 9.99. The number of aryl methyl sites for hydroxylation is 1. The first kappa shape index (κ1) is 20.8. The van der Waals surface area contributed by atoms with Crippen molar-refractivity contribution >= 4 is 12.2 Å². The number of aliphatic hydroxyl groups excluding tert-OH is 1. The van der Waals surface area contributed by atoms with Crippen LogP contribution in [0.25, 0.3) is 0 Å². The minimum Gasteiger partial charge on any atom is -0.444 e. The maximum absolute atomic E-state index is 12.0. The fraction of sp³-hybridized carbons (Fsp3) is 0.556. The molecule has 0 fully saturated rings. The number of aliphatic hydroxyl groups is 1. The van der Waals surface area contributed by atoms with E-state index >= 15 is 0 Å². The predicted molar refractivity (Wildman–Crippen MR) is 94.7 cm³/mol. The first-order valence-corrected chi connectivity index (χ1v) is 8.13. The molecule has 0 heterocycles. The number of carbonyl (C=O) groups is 2. The quantitative estimate of drug-likeness (QED) is 0.850. The third-order valence-corrected chi connectivity index (χ3v) is 3.30. The van der Waals surface area contributed by atoms with Gasteiger partial charge in [0, 0.05) is 20.7 Å². The number of amides is 2. The normalized spacial score (nSPS) is 12.3. The molecule has 0 aromatic heterocycles.